The lowest BCUT2D eigenvalue weighted by molar-refractivity contribution is 0.0648. The molecule has 0 radical (unpaired) electrons. The molecule has 21 heavy (non-hydrogen) atoms. The number of hydrogen-bond donors (Lipinski definition) is 2. The summed E-state index contributed by atoms with van der Waals surface area (Å²) in [5, 5.41) is 23.6. The lowest BCUT2D eigenvalue weighted by Gasteiger charge is -2.34. The van der Waals surface area contributed by atoms with Gasteiger partial charge in [-0.2, -0.15) is 0 Å². The third-order valence-electron chi connectivity index (χ3n) is 4.31. The Labute approximate surface area is 133 Å². The Morgan fingerprint density at radius 1 is 1.33 bits per heavy atom. The molecule has 0 saturated heterocycles. The van der Waals surface area contributed by atoms with Crippen LogP contribution in [-0.4, -0.2) is 34.6 Å². The number of oxime groups is 1. The summed E-state index contributed by atoms with van der Waals surface area (Å²) in [6.07, 6.45) is 3.59. The van der Waals surface area contributed by atoms with Crippen LogP contribution >= 0.6 is 15.9 Å². The van der Waals surface area contributed by atoms with E-state index in [1.807, 2.05) is 24.3 Å². The highest BCUT2D eigenvalue weighted by Gasteiger charge is 2.34. The Morgan fingerprint density at radius 2 is 2.00 bits per heavy atom. The zero-order valence-electron chi connectivity index (χ0n) is 12.2. The summed E-state index contributed by atoms with van der Waals surface area (Å²) < 4.78 is 5.19. The molecule has 0 aromatic heterocycles. The largest absolute Gasteiger partial charge is 0.497 e. The maximum absolute atomic E-state index is 10.4. The van der Waals surface area contributed by atoms with E-state index >= 15 is 0 Å². The van der Waals surface area contributed by atoms with Gasteiger partial charge < -0.3 is 15.1 Å². The molecule has 1 aliphatic rings. The number of benzene rings is 1. The fraction of sp³-hybridized carbons (Fsp3) is 0.562. The smallest absolute Gasteiger partial charge is 0.118 e. The zero-order chi connectivity index (χ0) is 15.2. The van der Waals surface area contributed by atoms with Gasteiger partial charge in [0.15, 0.2) is 0 Å². The van der Waals surface area contributed by atoms with Gasteiger partial charge in [-0.1, -0.05) is 46.1 Å². The molecule has 1 fully saturated rings. The van der Waals surface area contributed by atoms with Gasteiger partial charge in [0.25, 0.3) is 0 Å². The third-order valence-corrected chi connectivity index (χ3v) is 4.88. The fourth-order valence-corrected chi connectivity index (χ4v) is 3.66. The molecule has 2 N–H and O–H groups in total. The summed E-state index contributed by atoms with van der Waals surface area (Å²) in [6.45, 7) is 0. The third kappa shape index (κ3) is 3.77. The minimum Gasteiger partial charge on any atom is -0.497 e. The highest BCUT2D eigenvalue weighted by Crippen LogP contribution is 2.38. The monoisotopic (exact) mass is 355 g/mol. The minimum atomic E-state index is -0.346. The van der Waals surface area contributed by atoms with E-state index in [-0.39, 0.29) is 17.9 Å². The van der Waals surface area contributed by atoms with Crippen molar-refractivity contribution in [2.24, 2.45) is 11.1 Å². The number of aliphatic hydroxyl groups excluding tert-OH is 1. The fourth-order valence-electron chi connectivity index (χ4n) is 3.20. The molecule has 4 nitrogen and oxygen atoms in total. The van der Waals surface area contributed by atoms with Crippen molar-refractivity contribution in [1.29, 1.82) is 0 Å². The molecule has 3 unspecified atom stereocenters. The van der Waals surface area contributed by atoms with Crippen molar-refractivity contribution in [2.75, 3.05) is 12.4 Å². The Balaban J connectivity index is 2.34. The predicted molar refractivity (Wildman–Crippen MR) is 86.7 cm³/mol. The summed E-state index contributed by atoms with van der Waals surface area (Å²) in [5.74, 6) is 0.814. The van der Waals surface area contributed by atoms with Crippen molar-refractivity contribution in [3.05, 3.63) is 29.8 Å². The van der Waals surface area contributed by atoms with E-state index in [1.54, 1.807) is 7.11 Å². The second kappa shape index (κ2) is 7.80. The van der Waals surface area contributed by atoms with Crippen molar-refractivity contribution < 1.29 is 15.1 Å². The normalized spacial score (nSPS) is 24.6. The van der Waals surface area contributed by atoms with Gasteiger partial charge in [0.05, 0.1) is 18.9 Å². The summed E-state index contributed by atoms with van der Waals surface area (Å²) >= 11 is 3.39. The van der Waals surface area contributed by atoms with Crippen LogP contribution < -0.4 is 4.74 Å². The van der Waals surface area contributed by atoms with Crippen LogP contribution in [0.3, 0.4) is 0 Å². The lowest BCUT2D eigenvalue weighted by Crippen LogP contribution is -2.34. The zero-order valence-corrected chi connectivity index (χ0v) is 13.8. The molecule has 3 atom stereocenters. The second-order valence-electron chi connectivity index (χ2n) is 5.49. The van der Waals surface area contributed by atoms with Crippen LogP contribution in [0.25, 0.3) is 0 Å². The Kier molecular flexibility index (Phi) is 6.06. The van der Waals surface area contributed by atoms with Gasteiger partial charge in [-0.25, -0.2) is 0 Å². The van der Waals surface area contributed by atoms with Crippen molar-refractivity contribution in [3.63, 3.8) is 0 Å². The first-order valence-electron chi connectivity index (χ1n) is 7.30. The average Bonchev–Trinajstić information content (AvgIpc) is 2.54. The molecule has 1 aromatic rings. The van der Waals surface area contributed by atoms with Gasteiger partial charge in [-0.3, -0.25) is 0 Å². The SMILES string of the molecule is COc1ccc(C(/C(CBr)=N\O)C2CCCCC2O)cc1. The van der Waals surface area contributed by atoms with E-state index in [0.29, 0.717) is 11.0 Å². The van der Waals surface area contributed by atoms with Gasteiger partial charge in [-0.15, -0.1) is 0 Å². The van der Waals surface area contributed by atoms with E-state index in [1.165, 1.54) is 0 Å². The van der Waals surface area contributed by atoms with Crippen LogP contribution in [0.5, 0.6) is 5.75 Å². The number of ether oxygens (including phenoxy) is 1. The maximum Gasteiger partial charge on any atom is 0.118 e. The van der Waals surface area contributed by atoms with Crippen molar-refractivity contribution in [3.8, 4) is 5.75 Å². The van der Waals surface area contributed by atoms with Gasteiger partial charge in [-0.05, 0) is 36.5 Å². The molecule has 116 valence electrons. The van der Waals surface area contributed by atoms with E-state index in [9.17, 15) is 10.3 Å². The molecular weight excluding hydrogens is 334 g/mol. The highest BCUT2D eigenvalue weighted by molar-refractivity contribution is 9.09. The van der Waals surface area contributed by atoms with Crippen LogP contribution in [0.1, 0.15) is 37.2 Å². The standard InChI is InChI=1S/C16H22BrNO3/c1-21-12-8-6-11(7-9-12)16(14(10-17)18-20)13-4-2-3-5-15(13)19/h6-9,13,15-16,19-20H,2-5,10H2,1H3/b18-14-. The quantitative estimate of drug-likeness (QED) is 0.367. The number of rotatable bonds is 5. The van der Waals surface area contributed by atoms with Crippen LogP contribution in [0.4, 0.5) is 0 Å². The van der Waals surface area contributed by atoms with E-state index in [0.717, 1.165) is 37.0 Å². The van der Waals surface area contributed by atoms with Gasteiger partial charge in [0.2, 0.25) is 0 Å². The first-order valence-corrected chi connectivity index (χ1v) is 8.42. The first-order chi connectivity index (χ1) is 10.2. The van der Waals surface area contributed by atoms with Crippen LogP contribution in [0.2, 0.25) is 0 Å². The molecule has 2 rings (SSSR count). The van der Waals surface area contributed by atoms with Gasteiger partial charge in [0, 0.05) is 11.2 Å². The molecule has 0 heterocycles. The van der Waals surface area contributed by atoms with Crippen molar-refractivity contribution in [2.45, 2.75) is 37.7 Å². The molecule has 0 amide bonds. The summed E-state index contributed by atoms with van der Waals surface area (Å²) in [5.41, 5.74) is 1.71. The number of hydrogen-bond acceptors (Lipinski definition) is 4. The van der Waals surface area contributed by atoms with Gasteiger partial charge >= 0.3 is 0 Å². The van der Waals surface area contributed by atoms with E-state index in [4.69, 9.17) is 4.74 Å². The Hall–Kier alpha value is -1.07. The number of aliphatic hydroxyl groups is 1. The van der Waals surface area contributed by atoms with Gasteiger partial charge in [0.1, 0.15) is 5.75 Å². The first kappa shape index (κ1) is 16.3. The molecule has 0 spiro atoms. The van der Waals surface area contributed by atoms with Crippen LogP contribution in [-0.2, 0) is 0 Å². The summed E-state index contributed by atoms with van der Waals surface area (Å²) in [7, 11) is 1.64. The average molecular weight is 356 g/mol. The number of halogens is 1. The molecule has 5 heteroatoms. The lowest BCUT2D eigenvalue weighted by atomic mass is 9.73. The molecule has 1 aromatic carbocycles. The molecular formula is C16H22BrNO3. The van der Waals surface area contributed by atoms with E-state index in [2.05, 4.69) is 21.1 Å². The molecule has 1 saturated carbocycles. The highest BCUT2D eigenvalue weighted by atomic mass is 79.9. The number of alkyl halides is 1. The van der Waals surface area contributed by atoms with Crippen molar-refractivity contribution >= 4 is 21.6 Å². The molecule has 0 aliphatic heterocycles. The molecule has 0 bridgehead atoms. The van der Waals surface area contributed by atoms with E-state index < -0.39 is 0 Å². The Bertz CT molecular complexity index is 475. The second-order valence-corrected chi connectivity index (χ2v) is 6.05. The number of methoxy groups -OCH3 is 1. The van der Waals surface area contributed by atoms with Crippen LogP contribution in [0, 0.1) is 5.92 Å². The van der Waals surface area contributed by atoms with Crippen molar-refractivity contribution in [1.82, 2.24) is 0 Å². The summed E-state index contributed by atoms with van der Waals surface area (Å²) in [4.78, 5) is 0. The number of nitrogens with zero attached hydrogens (tertiary/aromatic N) is 1. The van der Waals surface area contributed by atoms with Crippen LogP contribution in [0.15, 0.2) is 29.4 Å². The maximum atomic E-state index is 10.4. The summed E-state index contributed by atoms with van der Waals surface area (Å²) in [6, 6.07) is 7.78. The topological polar surface area (TPSA) is 62.0 Å². The predicted octanol–water partition coefficient (Wildman–Crippen LogP) is 3.56. The Morgan fingerprint density at radius 3 is 2.52 bits per heavy atom. The minimum absolute atomic E-state index is 0.0735. The molecule has 1 aliphatic carbocycles.